The predicted molar refractivity (Wildman–Crippen MR) is 79.5 cm³/mol. The SMILES string of the molecule is CCC(C)(CNC(=O)Nc1ccc(Cl)cc1Cl)C(=O)O. The molecule has 0 spiro atoms. The van der Waals surface area contributed by atoms with E-state index < -0.39 is 17.4 Å². The Morgan fingerprint density at radius 3 is 2.50 bits per heavy atom. The zero-order chi connectivity index (χ0) is 15.3. The van der Waals surface area contributed by atoms with Gasteiger partial charge in [0, 0.05) is 11.6 Å². The number of anilines is 1. The van der Waals surface area contributed by atoms with Crippen molar-refractivity contribution in [2.75, 3.05) is 11.9 Å². The van der Waals surface area contributed by atoms with E-state index in [1.807, 2.05) is 0 Å². The molecule has 0 saturated heterocycles. The molecule has 20 heavy (non-hydrogen) atoms. The summed E-state index contributed by atoms with van der Waals surface area (Å²) >= 11 is 11.7. The Morgan fingerprint density at radius 1 is 1.35 bits per heavy atom. The van der Waals surface area contributed by atoms with Crippen LogP contribution in [-0.2, 0) is 4.79 Å². The molecule has 0 aliphatic rings. The van der Waals surface area contributed by atoms with E-state index in [0.717, 1.165) is 0 Å². The largest absolute Gasteiger partial charge is 0.481 e. The molecule has 0 aliphatic heterocycles. The highest BCUT2D eigenvalue weighted by Crippen LogP contribution is 2.25. The van der Waals surface area contributed by atoms with Crippen LogP contribution < -0.4 is 10.6 Å². The van der Waals surface area contributed by atoms with Crippen LogP contribution in [0.1, 0.15) is 20.3 Å². The lowest BCUT2D eigenvalue weighted by molar-refractivity contribution is -0.147. The van der Waals surface area contributed by atoms with Gasteiger partial charge in [0.05, 0.1) is 16.1 Å². The quantitative estimate of drug-likeness (QED) is 0.775. The molecule has 0 saturated carbocycles. The first-order valence-corrected chi connectivity index (χ1v) is 6.77. The first kappa shape index (κ1) is 16.6. The Bertz CT molecular complexity index is 522. The third kappa shape index (κ3) is 4.28. The topological polar surface area (TPSA) is 78.4 Å². The fourth-order valence-corrected chi connectivity index (χ4v) is 1.84. The summed E-state index contributed by atoms with van der Waals surface area (Å²) in [4.78, 5) is 22.8. The normalized spacial score (nSPS) is 13.4. The monoisotopic (exact) mass is 318 g/mol. The van der Waals surface area contributed by atoms with Crippen LogP contribution in [-0.4, -0.2) is 23.7 Å². The third-order valence-electron chi connectivity index (χ3n) is 3.12. The van der Waals surface area contributed by atoms with Crippen LogP contribution in [0, 0.1) is 5.41 Å². The number of carbonyl (C=O) groups is 2. The van der Waals surface area contributed by atoms with E-state index in [-0.39, 0.29) is 6.54 Å². The average molecular weight is 319 g/mol. The van der Waals surface area contributed by atoms with Crippen LogP contribution >= 0.6 is 23.2 Å². The van der Waals surface area contributed by atoms with Crippen molar-refractivity contribution in [1.82, 2.24) is 5.32 Å². The number of hydrogen-bond acceptors (Lipinski definition) is 2. The van der Waals surface area contributed by atoms with Crippen molar-refractivity contribution >= 4 is 40.9 Å². The number of carboxylic acid groups (broad SMARTS) is 1. The van der Waals surface area contributed by atoms with Crippen molar-refractivity contribution in [1.29, 1.82) is 0 Å². The number of aliphatic carboxylic acids is 1. The molecule has 0 aromatic heterocycles. The zero-order valence-electron chi connectivity index (χ0n) is 11.2. The summed E-state index contributed by atoms with van der Waals surface area (Å²) < 4.78 is 0. The molecule has 7 heteroatoms. The maximum Gasteiger partial charge on any atom is 0.319 e. The number of carbonyl (C=O) groups excluding carboxylic acids is 1. The number of halogens is 2. The molecule has 110 valence electrons. The van der Waals surface area contributed by atoms with Crippen molar-refractivity contribution in [3.8, 4) is 0 Å². The number of carboxylic acids is 1. The fourth-order valence-electron chi connectivity index (χ4n) is 1.38. The Morgan fingerprint density at radius 2 is 2.00 bits per heavy atom. The molecule has 0 fully saturated rings. The number of hydrogen-bond donors (Lipinski definition) is 3. The van der Waals surface area contributed by atoms with Crippen LogP contribution in [0.3, 0.4) is 0 Å². The summed E-state index contributed by atoms with van der Waals surface area (Å²) in [5.74, 6) is -0.954. The molecule has 1 atom stereocenters. The van der Waals surface area contributed by atoms with Crippen molar-refractivity contribution < 1.29 is 14.7 Å². The highest BCUT2D eigenvalue weighted by Gasteiger charge is 2.31. The molecule has 3 N–H and O–H groups in total. The highest BCUT2D eigenvalue weighted by atomic mass is 35.5. The van der Waals surface area contributed by atoms with Gasteiger partial charge in [-0.25, -0.2) is 4.79 Å². The summed E-state index contributed by atoms with van der Waals surface area (Å²) in [5.41, 5.74) is -0.594. The first-order valence-electron chi connectivity index (χ1n) is 6.02. The van der Waals surface area contributed by atoms with Crippen molar-refractivity contribution in [2.45, 2.75) is 20.3 Å². The smallest absolute Gasteiger partial charge is 0.319 e. The van der Waals surface area contributed by atoms with E-state index >= 15 is 0 Å². The Balaban J connectivity index is 2.62. The van der Waals surface area contributed by atoms with Gasteiger partial charge in [-0.05, 0) is 31.5 Å². The van der Waals surface area contributed by atoms with E-state index in [2.05, 4.69) is 10.6 Å². The molecule has 1 unspecified atom stereocenters. The number of urea groups is 1. The number of benzene rings is 1. The fraction of sp³-hybridized carbons (Fsp3) is 0.385. The molecule has 0 heterocycles. The standard InChI is InChI=1S/C13H16Cl2N2O3/c1-3-13(2,11(18)19)7-16-12(20)17-10-5-4-8(14)6-9(10)15/h4-6H,3,7H2,1-2H3,(H,18,19)(H2,16,17,20). The highest BCUT2D eigenvalue weighted by molar-refractivity contribution is 6.36. The molecular weight excluding hydrogens is 303 g/mol. The van der Waals surface area contributed by atoms with Gasteiger partial charge in [-0.3, -0.25) is 4.79 Å². The Kier molecular flexibility index (Phi) is 5.65. The third-order valence-corrected chi connectivity index (χ3v) is 3.66. The molecule has 2 amide bonds. The first-order chi connectivity index (χ1) is 9.28. The van der Waals surface area contributed by atoms with Gasteiger partial charge in [-0.2, -0.15) is 0 Å². The van der Waals surface area contributed by atoms with Gasteiger partial charge < -0.3 is 15.7 Å². The van der Waals surface area contributed by atoms with Crippen molar-refractivity contribution in [3.05, 3.63) is 28.2 Å². The second kappa shape index (κ2) is 6.81. The Labute approximate surface area is 127 Å². The summed E-state index contributed by atoms with van der Waals surface area (Å²) in [5, 5.41) is 14.9. The maximum absolute atomic E-state index is 11.7. The van der Waals surface area contributed by atoms with Crippen LogP contribution in [0.5, 0.6) is 0 Å². The van der Waals surface area contributed by atoms with E-state index in [4.69, 9.17) is 28.3 Å². The summed E-state index contributed by atoms with van der Waals surface area (Å²) in [7, 11) is 0. The zero-order valence-corrected chi connectivity index (χ0v) is 12.7. The lowest BCUT2D eigenvalue weighted by Crippen LogP contribution is -2.42. The van der Waals surface area contributed by atoms with Crippen LogP contribution in [0.25, 0.3) is 0 Å². The van der Waals surface area contributed by atoms with Gasteiger partial charge in [0.15, 0.2) is 0 Å². The maximum atomic E-state index is 11.7. The lowest BCUT2D eigenvalue weighted by atomic mass is 9.88. The molecule has 0 aliphatic carbocycles. The predicted octanol–water partition coefficient (Wildman–Crippen LogP) is 3.62. The average Bonchev–Trinajstić information content (AvgIpc) is 2.39. The van der Waals surface area contributed by atoms with E-state index in [1.54, 1.807) is 26.0 Å². The second-order valence-electron chi connectivity index (χ2n) is 4.65. The van der Waals surface area contributed by atoms with E-state index in [1.165, 1.54) is 6.07 Å². The van der Waals surface area contributed by atoms with Gasteiger partial charge in [-0.15, -0.1) is 0 Å². The second-order valence-corrected chi connectivity index (χ2v) is 5.49. The van der Waals surface area contributed by atoms with Crippen molar-refractivity contribution in [2.24, 2.45) is 5.41 Å². The Hall–Kier alpha value is -1.46. The van der Waals surface area contributed by atoms with Crippen LogP contribution in [0.15, 0.2) is 18.2 Å². The van der Waals surface area contributed by atoms with Gasteiger partial charge >= 0.3 is 12.0 Å². The van der Waals surface area contributed by atoms with Gasteiger partial charge in [-0.1, -0.05) is 30.1 Å². The van der Waals surface area contributed by atoms with Gasteiger partial charge in [0.25, 0.3) is 0 Å². The molecule has 1 rings (SSSR count). The van der Waals surface area contributed by atoms with Crippen LogP contribution in [0.4, 0.5) is 10.5 Å². The molecule has 1 aromatic rings. The van der Waals surface area contributed by atoms with Crippen LogP contribution in [0.2, 0.25) is 10.0 Å². The minimum Gasteiger partial charge on any atom is -0.481 e. The summed E-state index contributed by atoms with van der Waals surface area (Å²) in [6, 6.07) is 4.15. The summed E-state index contributed by atoms with van der Waals surface area (Å²) in [6.45, 7) is 3.35. The number of nitrogens with one attached hydrogen (secondary N) is 2. The van der Waals surface area contributed by atoms with Crippen molar-refractivity contribution in [3.63, 3.8) is 0 Å². The van der Waals surface area contributed by atoms with E-state index in [9.17, 15) is 9.59 Å². The molecule has 0 bridgehead atoms. The molecular formula is C13H16Cl2N2O3. The molecule has 1 aromatic carbocycles. The minimum absolute atomic E-state index is 0.0237. The van der Waals surface area contributed by atoms with E-state index in [0.29, 0.717) is 22.2 Å². The molecule has 0 radical (unpaired) electrons. The number of rotatable bonds is 5. The number of amides is 2. The van der Waals surface area contributed by atoms with Gasteiger partial charge in [0.1, 0.15) is 0 Å². The molecule has 5 nitrogen and oxygen atoms in total. The minimum atomic E-state index is -0.999. The summed E-state index contributed by atoms with van der Waals surface area (Å²) in [6.07, 6.45) is 0.407. The van der Waals surface area contributed by atoms with Gasteiger partial charge in [0.2, 0.25) is 0 Å². The lowest BCUT2D eigenvalue weighted by Gasteiger charge is -2.23.